The first-order valence-electron chi connectivity index (χ1n) is 4.17. The summed E-state index contributed by atoms with van der Waals surface area (Å²) >= 11 is 0. The van der Waals surface area contributed by atoms with Gasteiger partial charge >= 0.3 is 6.18 Å². The van der Waals surface area contributed by atoms with Crippen LogP contribution in [-0.4, -0.2) is 14.9 Å². The lowest BCUT2D eigenvalue weighted by Crippen LogP contribution is -2.14. The molecule has 1 aliphatic carbocycles. The molecule has 6 heteroatoms. The average molecular weight is 206 g/mol. The molecule has 0 atom stereocenters. The third-order valence-corrected chi connectivity index (χ3v) is 2.32. The molecule has 1 N–H and O–H groups in total. The Bertz CT molecular complexity index is 342. The van der Waals surface area contributed by atoms with Crippen LogP contribution in [0, 0.1) is 0 Å². The van der Waals surface area contributed by atoms with E-state index >= 15 is 0 Å². The third-order valence-electron chi connectivity index (χ3n) is 2.32. The van der Waals surface area contributed by atoms with E-state index in [1.54, 1.807) is 0 Å². The zero-order valence-corrected chi connectivity index (χ0v) is 7.47. The summed E-state index contributed by atoms with van der Waals surface area (Å²) < 4.78 is 38.4. The lowest BCUT2D eigenvalue weighted by atomic mass is 10.1. The highest BCUT2D eigenvalue weighted by atomic mass is 19.4. The molecule has 0 radical (unpaired) electrons. The van der Waals surface area contributed by atoms with E-state index in [-0.39, 0.29) is 5.56 Å². The van der Waals surface area contributed by atoms with Crippen LogP contribution < -0.4 is 0 Å². The van der Waals surface area contributed by atoms with Crippen molar-refractivity contribution in [1.29, 1.82) is 0 Å². The van der Waals surface area contributed by atoms with Crippen LogP contribution in [0.3, 0.4) is 0 Å². The minimum atomic E-state index is -4.49. The first-order valence-corrected chi connectivity index (χ1v) is 4.17. The molecule has 0 saturated heterocycles. The number of halogens is 3. The number of hydrogen-bond donors (Lipinski definition) is 1. The van der Waals surface area contributed by atoms with Crippen molar-refractivity contribution < 1.29 is 18.3 Å². The van der Waals surface area contributed by atoms with Crippen LogP contribution in [0.25, 0.3) is 0 Å². The molecule has 0 spiro atoms. The summed E-state index contributed by atoms with van der Waals surface area (Å²) in [5, 5.41) is 12.9. The second kappa shape index (κ2) is 2.50. The summed E-state index contributed by atoms with van der Waals surface area (Å²) in [5.74, 6) is 0. The molecule has 2 rings (SSSR count). The largest absolute Gasteiger partial charge is 0.435 e. The van der Waals surface area contributed by atoms with Crippen LogP contribution in [0.1, 0.15) is 24.1 Å². The van der Waals surface area contributed by atoms with E-state index in [2.05, 4.69) is 5.10 Å². The molecule has 0 unspecified atom stereocenters. The van der Waals surface area contributed by atoms with E-state index in [1.807, 2.05) is 0 Å². The normalized spacial score (nSPS) is 19.8. The lowest BCUT2D eigenvalue weighted by Gasteiger charge is -2.09. The van der Waals surface area contributed by atoms with E-state index in [0.717, 1.165) is 4.68 Å². The van der Waals surface area contributed by atoms with Gasteiger partial charge in [-0.3, -0.25) is 4.68 Å². The summed E-state index contributed by atoms with van der Waals surface area (Å²) in [6.45, 7) is 0. The summed E-state index contributed by atoms with van der Waals surface area (Å²) in [5.41, 5.74) is -2.37. The van der Waals surface area contributed by atoms with Gasteiger partial charge in [0.1, 0.15) is 0 Å². The third kappa shape index (κ3) is 1.39. The first kappa shape index (κ1) is 9.51. The van der Waals surface area contributed by atoms with Crippen molar-refractivity contribution in [1.82, 2.24) is 9.78 Å². The van der Waals surface area contributed by atoms with Gasteiger partial charge in [0.25, 0.3) is 0 Å². The molecule has 3 nitrogen and oxygen atoms in total. The van der Waals surface area contributed by atoms with Gasteiger partial charge < -0.3 is 5.11 Å². The Morgan fingerprint density at radius 2 is 2.07 bits per heavy atom. The minimum Gasteiger partial charge on any atom is -0.385 e. The van der Waals surface area contributed by atoms with E-state index in [4.69, 9.17) is 0 Å². The SMILES string of the molecule is Cn1cc(C2(O)CC2)c(C(F)(F)F)n1. The van der Waals surface area contributed by atoms with Crippen LogP contribution in [0.2, 0.25) is 0 Å². The van der Waals surface area contributed by atoms with Gasteiger partial charge in [-0.1, -0.05) is 0 Å². The molecule has 1 aromatic heterocycles. The highest BCUT2D eigenvalue weighted by molar-refractivity contribution is 5.31. The van der Waals surface area contributed by atoms with Crippen LogP contribution in [0.4, 0.5) is 13.2 Å². The lowest BCUT2D eigenvalue weighted by molar-refractivity contribution is -0.143. The molecule has 0 aliphatic heterocycles. The van der Waals surface area contributed by atoms with Crippen LogP contribution in [-0.2, 0) is 18.8 Å². The van der Waals surface area contributed by atoms with Crippen molar-refractivity contribution in [3.63, 3.8) is 0 Å². The standard InChI is InChI=1S/C8H9F3N2O/c1-13-4-5(7(14)2-3-7)6(12-13)8(9,10)11/h4,14H,2-3H2,1H3. The first-order chi connectivity index (χ1) is 6.33. The fourth-order valence-electron chi connectivity index (χ4n) is 1.43. The van der Waals surface area contributed by atoms with Gasteiger partial charge in [0, 0.05) is 18.8 Å². The van der Waals surface area contributed by atoms with Crippen molar-refractivity contribution in [3.8, 4) is 0 Å². The number of aryl methyl sites for hydroxylation is 1. The second-order valence-electron chi connectivity index (χ2n) is 3.59. The molecule has 1 fully saturated rings. The number of nitrogens with zero attached hydrogens (tertiary/aromatic N) is 2. The summed E-state index contributed by atoms with van der Waals surface area (Å²) in [6.07, 6.45) is -2.51. The van der Waals surface area contributed by atoms with Gasteiger partial charge in [-0.15, -0.1) is 0 Å². The Balaban J connectivity index is 2.49. The summed E-state index contributed by atoms with van der Waals surface area (Å²) in [7, 11) is 1.41. The summed E-state index contributed by atoms with van der Waals surface area (Å²) in [4.78, 5) is 0. The maximum absolute atomic E-state index is 12.4. The molecule has 1 aromatic rings. The molecule has 78 valence electrons. The molecule has 1 saturated carbocycles. The molecule has 0 aromatic carbocycles. The van der Waals surface area contributed by atoms with Crippen molar-refractivity contribution in [3.05, 3.63) is 17.5 Å². The quantitative estimate of drug-likeness (QED) is 0.754. The van der Waals surface area contributed by atoms with E-state index in [1.165, 1.54) is 13.2 Å². The fraction of sp³-hybridized carbons (Fsp3) is 0.625. The highest BCUT2D eigenvalue weighted by Crippen LogP contribution is 2.49. The Hall–Kier alpha value is -1.04. The highest BCUT2D eigenvalue weighted by Gasteiger charge is 2.50. The monoisotopic (exact) mass is 206 g/mol. The predicted molar refractivity (Wildman–Crippen MR) is 41.3 cm³/mol. The second-order valence-corrected chi connectivity index (χ2v) is 3.59. The average Bonchev–Trinajstić information content (AvgIpc) is 2.60. The Labute approximate surface area is 78.1 Å². The zero-order chi connectivity index (χ0) is 10.6. The van der Waals surface area contributed by atoms with E-state index < -0.39 is 17.5 Å². The van der Waals surface area contributed by atoms with Crippen molar-refractivity contribution in [2.75, 3.05) is 0 Å². The van der Waals surface area contributed by atoms with Gasteiger partial charge in [0.05, 0.1) is 5.60 Å². The van der Waals surface area contributed by atoms with Crippen molar-refractivity contribution in [2.24, 2.45) is 7.05 Å². The molecule has 0 amide bonds. The van der Waals surface area contributed by atoms with Crippen molar-refractivity contribution >= 4 is 0 Å². The van der Waals surface area contributed by atoms with Gasteiger partial charge in [-0.05, 0) is 12.8 Å². The predicted octanol–water partition coefficient (Wildman–Crippen LogP) is 1.42. The molecule has 14 heavy (non-hydrogen) atoms. The van der Waals surface area contributed by atoms with Crippen molar-refractivity contribution in [2.45, 2.75) is 24.6 Å². The molecular formula is C8H9F3N2O. The molecule has 1 heterocycles. The van der Waals surface area contributed by atoms with Gasteiger partial charge in [-0.2, -0.15) is 18.3 Å². The zero-order valence-electron chi connectivity index (χ0n) is 7.47. The number of aliphatic hydroxyl groups is 1. The van der Waals surface area contributed by atoms with Crippen LogP contribution >= 0.6 is 0 Å². The Morgan fingerprint density at radius 1 is 1.50 bits per heavy atom. The summed E-state index contributed by atoms with van der Waals surface area (Å²) in [6, 6.07) is 0. The number of rotatable bonds is 1. The van der Waals surface area contributed by atoms with E-state index in [0.29, 0.717) is 12.8 Å². The van der Waals surface area contributed by atoms with Gasteiger partial charge in [0.15, 0.2) is 5.69 Å². The van der Waals surface area contributed by atoms with Crippen LogP contribution in [0.15, 0.2) is 6.20 Å². The number of aromatic nitrogens is 2. The smallest absolute Gasteiger partial charge is 0.385 e. The van der Waals surface area contributed by atoms with Gasteiger partial charge in [-0.25, -0.2) is 0 Å². The molecular weight excluding hydrogens is 197 g/mol. The maximum Gasteiger partial charge on any atom is 0.435 e. The molecule has 0 bridgehead atoms. The van der Waals surface area contributed by atoms with Crippen LogP contribution in [0.5, 0.6) is 0 Å². The Kier molecular flexibility index (Phi) is 1.70. The Morgan fingerprint density at radius 3 is 2.50 bits per heavy atom. The number of hydrogen-bond acceptors (Lipinski definition) is 2. The minimum absolute atomic E-state index is 0.104. The maximum atomic E-state index is 12.4. The number of alkyl halides is 3. The molecule has 1 aliphatic rings. The van der Waals surface area contributed by atoms with Gasteiger partial charge in [0.2, 0.25) is 0 Å². The fourth-order valence-corrected chi connectivity index (χ4v) is 1.43. The topological polar surface area (TPSA) is 38.0 Å². The van der Waals surface area contributed by atoms with E-state index in [9.17, 15) is 18.3 Å².